The molecule has 0 aliphatic carbocycles. The number of aryl methyl sites for hydroxylation is 2. The molecule has 0 amide bonds. The van der Waals surface area contributed by atoms with Gasteiger partial charge in [0.1, 0.15) is 11.5 Å². The van der Waals surface area contributed by atoms with E-state index in [0.29, 0.717) is 11.5 Å². The van der Waals surface area contributed by atoms with E-state index in [0.717, 1.165) is 11.1 Å². The number of anilines is 1. The number of nitrogen functional groups attached to an aromatic ring is 1. The quantitative estimate of drug-likeness (QED) is 0.854. The number of methoxy groups -OCH3 is 1. The molecule has 0 radical (unpaired) electrons. The van der Waals surface area contributed by atoms with Crippen LogP contribution in [0.15, 0.2) is 30.3 Å². The van der Waals surface area contributed by atoms with Gasteiger partial charge in [-0.3, -0.25) is 0 Å². The highest BCUT2D eigenvalue weighted by molar-refractivity contribution is 5.57. The van der Waals surface area contributed by atoms with Gasteiger partial charge in [0.25, 0.3) is 0 Å². The zero-order chi connectivity index (χ0) is 14.0. The zero-order valence-electron chi connectivity index (χ0n) is 11.2. The lowest BCUT2D eigenvalue weighted by Gasteiger charge is -2.12. The second kappa shape index (κ2) is 5.18. The summed E-state index contributed by atoms with van der Waals surface area (Å²) in [6.45, 7) is 3.90. The Labute approximate surface area is 111 Å². The van der Waals surface area contributed by atoms with Crippen LogP contribution in [0, 0.1) is 19.7 Å². The van der Waals surface area contributed by atoms with Crippen molar-refractivity contribution in [2.45, 2.75) is 13.8 Å². The normalized spacial score (nSPS) is 10.3. The first-order chi connectivity index (χ1) is 9.01. The topological polar surface area (TPSA) is 44.5 Å². The first-order valence-corrected chi connectivity index (χ1v) is 5.89. The van der Waals surface area contributed by atoms with Crippen molar-refractivity contribution < 1.29 is 13.9 Å². The molecule has 0 aromatic heterocycles. The first kappa shape index (κ1) is 13.2. The molecule has 2 aromatic rings. The summed E-state index contributed by atoms with van der Waals surface area (Å²) in [4.78, 5) is 0. The van der Waals surface area contributed by atoms with Gasteiger partial charge in [-0.05, 0) is 25.5 Å². The van der Waals surface area contributed by atoms with Crippen LogP contribution in [0.5, 0.6) is 17.2 Å². The molecular formula is C15H16FNO2. The molecule has 0 saturated carbocycles. The van der Waals surface area contributed by atoms with Gasteiger partial charge in [-0.25, -0.2) is 4.39 Å². The Kier molecular flexibility index (Phi) is 3.60. The third-order valence-corrected chi connectivity index (χ3v) is 2.83. The van der Waals surface area contributed by atoms with E-state index >= 15 is 0 Å². The first-order valence-electron chi connectivity index (χ1n) is 5.89. The molecule has 0 aliphatic heterocycles. The summed E-state index contributed by atoms with van der Waals surface area (Å²) in [5.74, 6) is 0.578. The van der Waals surface area contributed by atoms with Gasteiger partial charge >= 0.3 is 0 Å². The van der Waals surface area contributed by atoms with Crippen LogP contribution in [0.3, 0.4) is 0 Å². The number of ether oxygens (including phenoxy) is 2. The lowest BCUT2D eigenvalue weighted by Crippen LogP contribution is -1.97. The van der Waals surface area contributed by atoms with Gasteiger partial charge < -0.3 is 15.2 Å². The van der Waals surface area contributed by atoms with Crippen LogP contribution in [0.1, 0.15) is 11.1 Å². The van der Waals surface area contributed by atoms with Crippen LogP contribution in [0.2, 0.25) is 0 Å². The Morgan fingerprint density at radius 2 is 1.74 bits per heavy atom. The van der Waals surface area contributed by atoms with Gasteiger partial charge in [-0.1, -0.05) is 17.7 Å². The summed E-state index contributed by atoms with van der Waals surface area (Å²) in [6, 6.07) is 8.34. The average molecular weight is 261 g/mol. The molecule has 0 unspecified atom stereocenters. The van der Waals surface area contributed by atoms with E-state index in [1.165, 1.54) is 19.2 Å². The fraction of sp³-hybridized carbons (Fsp3) is 0.200. The van der Waals surface area contributed by atoms with Crippen molar-refractivity contribution in [3.05, 3.63) is 47.3 Å². The smallest absolute Gasteiger partial charge is 0.168 e. The standard InChI is InChI=1S/C15H16FNO2/c1-9-4-5-13(10(2)6-9)19-14-8-15(18-3)12(17)7-11(14)16/h4-8H,17H2,1-3H3. The molecule has 4 heteroatoms. The van der Waals surface area contributed by atoms with Crippen LogP contribution < -0.4 is 15.2 Å². The van der Waals surface area contributed by atoms with E-state index in [-0.39, 0.29) is 11.4 Å². The van der Waals surface area contributed by atoms with Crippen molar-refractivity contribution in [3.63, 3.8) is 0 Å². The monoisotopic (exact) mass is 261 g/mol. The number of rotatable bonds is 3. The Hall–Kier alpha value is -2.23. The molecule has 0 heterocycles. The van der Waals surface area contributed by atoms with Gasteiger partial charge in [-0.2, -0.15) is 0 Å². The third kappa shape index (κ3) is 2.78. The van der Waals surface area contributed by atoms with Crippen molar-refractivity contribution in [1.29, 1.82) is 0 Å². The molecule has 0 saturated heterocycles. The molecule has 0 aliphatic rings. The maximum atomic E-state index is 13.8. The van der Waals surface area contributed by atoms with Crippen molar-refractivity contribution in [2.75, 3.05) is 12.8 Å². The Morgan fingerprint density at radius 1 is 1.00 bits per heavy atom. The Morgan fingerprint density at radius 3 is 2.37 bits per heavy atom. The van der Waals surface area contributed by atoms with Crippen molar-refractivity contribution in [1.82, 2.24) is 0 Å². The van der Waals surface area contributed by atoms with Crippen LogP contribution in [0.25, 0.3) is 0 Å². The molecule has 0 spiro atoms. The summed E-state index contributed by atoms with van der Waals surface area (Å²) >= 11 is 0. The Bertz CT molecular complexity index is 611. The second-order valence-electron chi connectivity index (χ2n) is 4.40. The molecule has 0 bridgehead atoms. The van der Waals surface area contributed by atoms with Gasteiger partial charge in [0.2, 0.25) is 0 Å². The SMILES string of the molecule is COc1cc(Oc2ccc(C)cc2C)c(F)cc1N. The van der Waals surface area contributed by atoms with Crippen molar-refractivity contribution >= 4 is 5.69 Å². The second-order valence-corrected chi connectivity index (χ2v) is 4.40. The highest BCUT2D eigenvalue weighted by atomic mass is 19.1. The van der Waals surface area contributed by atoms with E-state index < -0.39 is 5.82 Å². The minimum absolute atomic E-state index is 0.0954. The van der Waals surface area contributed by atoms with E-state index in [4.69, 9.17) is 15.2 Å². The van der Waals surface area contributed by atoms with Crippen LogP contribution in [-0.4, -0.2) is 7.11 Å². The van der Waals surface area contributed by atoms with Crippen LogP contribution in [0.4, 0.5) is 10.1 Å². The van der Waals surface area contributed by atoms with Crippen LogP contribution in [-0.2, 0) is 0 Å². The minimum Gasteiger partial charge on any atom is -0.494 e. The van der Waals surface area contributed by atoms with E-state index in [1.54, 1.807) is 0 Å². The molecular weight excluding hydrogens is 245 g/mol. The van der Waals surface area contributed by atoms with Gasteiger partial charge in [0.05, 0.1) is 12.8 Å². The molecule has 2 rings (SSSR count). The number of hydrogen-bond acceptors (Lipinski definition) is 3. The summed E-state index contributed by atoms with van der Waals surface area (Å²) in [5, 5.41) is 0. The van der Waals surface area contributed by atoms with E-state index in [2.05, 4.69) is 0 Å². The predicted molar refractivity (Wildman–Crippen MR) is 73.4 cm³/mol. The maximum absolute atomic E-state index is 13.8. The highest BCUT2D eigenvalue weighted by Gasteiger charge is 2.11. The lowest BCUT2D eigenvalue weighted by atomic mass is 10.1. The highest BCUT2D eigenvalue weighted by Crippen LogP contribution is 2.33. The van der Waals surface area contributed by atoms with E-state index in [9.17, 15) is 4.39 Å². The molecule has 0 fully saturated rings. The minimum atomic E-state index is -0.515. The zero-order valence-corrected chi connectivity index (χ0v) is 11.2. The molecule has 0 atom stereocenters. The van der Waals surface area contributed by atoms with Gasteiger partial charge in [0, 0.05) is 12.1 Å². The molecule has 2 aromatic carbocycles. The molecule has 2 N–H and O–H groups in total. The van der Waals surface area contributed by atoms with Crippen molar-refractivity contribution in [3.8, 4) is 17.2 Å². The maximum Gasteiger partial charge on any atom is 0.168 e. The fourth-order valence-corrected chi connectivity index (χ4v) is 1.84. The molecule has 3 nitrogen and oxygen atoms in total. The summed E-state index contributed by atoms with van der Waals surface area (Å²) in [6.07, 6.45) is 0. The van der Waals surface area contributed by atoms with Gasteiger partial charge in [0.15, 0.2) is 11.6 Å². The number of benzene rings is 2. The number of hydrogen-bond donors (Lipinski definition) is 1. The average Bonchev–Trinajstić information content (AvgIpc) is 2.35. The van der Waals surface area contributed by atoms with E-state index in [1.807, 2.05) is 32.0 Å². The van der Waals surface area contributed by atoms with Crippen LogP contribution >= 0.6 is 0 Å². The summed E-state index contributed by atoms with van der Waals surface area (Å²) in [5.41, 5.74) is 7.93. The van der Waals surface area contributed by atoms with Gasteiger partial charge in [-0.15, -0.1) is 0 Å². The predicted octanol–water partition coefficient (Wildman–Crippen LogP) is 3.83. The molecule has 100 valence electrons. The third-order valence-electron chi connectivity index (χ3n) is 2.83. The fourth-order valence-electron chi connectivity index (χ4n) is 1.84. The molecule has 19 heavy (non-hydrogen) atoms. The van der Waals surface area contributed by atoms with Crippen molar-refractivity contribution in [2.24, 2.45) is 0 Å². The lowest BCUT2D eigenvalue weighted by molar-refractivity contribution is 0.402. The Balaban J connectivity index is 2.37. The number of halogens is 1. The largest absolute Gasteiger partial charge is 0.494 e. The summed E-state index contributed by atoms with van der Waals surface area (Å²) < 4.78 is 24.4. The summed E-state index contributed by atoms with van der Waals surface area (Å²) in [7, 11) is 1.48. The number of nitrogens with two attached hydrogens (primary N) is 1.